The highest BCUT2D eigenvalue weighted by molar-refractivity contribution is 5.84. The third-order valence-electron chi connectivity index (χ3n) is 5.31. The summed E-state index contributed by atoms with van der Waals surface area (Å²) in [6.45, 7) is 5.52. The average molecular weight is 412 g/mol. The quantitative estimate of drug-likeness (QED) is 0.363. The van der Waals surface area contributed by atoms with E-state index >= 15 is 0 Å². The van der Waals surface area contributed by atoms with E-state index in [0.29, 0.717) is 17.7 Å². The zero-order chi connectivity index (χ0) is 21.3. The number of nitrogens with one attached hydrogen (secondary N) is 4. The number of aliphatic hydroxyl groups is 1. The Morgan fingerprint density at radius 3 is 2.87 bits per heavy atom. The number of amides is 1. The van der Waals surface area contributed by atoms with Gasteiger partial charge < -0.3 is 21.1 Å². The Bertz CT molecular complexity index is 1020. The summed E-state index contributed by atoms with van der Waals surface area (Å²) in [7, 11) is 0. The summed E-state index contributed by atoms with van der Waals surface area (Å²) >= 11 is 0. The zero-order valence-corrected chi connectivity index (χ0v) is 17.4. The number of anilines is 3. The number of aromatic nitrogens is 5. The monoisotopic (exact) mass is 412 g/mol. The van der Waals surface area contributed by atoms with Gasteiger partial charge in [-0.25, -0.2) is 4.52 Å². The highest BCUT2D eigenvalue weighted by Gasteiger charge is 2.26. The van der Waals surface area contributed by atoms with Crippen molar-refractivity contribution in [2.24, 2.45) is 5.92 Å². The molecule has 30 heavy (non-hydrogen) atoms. The van der Waals surface area contributed by atoms with Crippen molar-refractivity contribution in [3.05, 3.63) is 30.1 Å². The van der Waals surface area contributed by atoms with Crippen LogP contribution in [0.2, 0.25) is 0 Å². The van der Waals surface area contributed by atoms with Crippen molar-refractivity contribution >= 4 is 29.0 Å². The molecule has 0 saturated heterocycles. The summed E-state index contributed by atoms with van der Waals surface area (Å²) in [6.07, 6.45) is 4.19. The molecule has 1 fully saturated rings. The van der Waals surface area contributed by atoms with Gasteiger partial charge >= 0.3 is 0 Å². The molecule has 160 valence electrons. The molecule has 2 atom stereocenters. The Morgan fingerprint density at radius 2 is 2.17 bits per heavy atom. The number of nitrogens with zero attached hydrogens (tertiary/aromatic N) is 4. The minimum absolute atomic E-state index is 0.108. The summed E-state index contributed by atoms with van der Waals surface area (Å²) in [6, 6.07) is 4.92. The van der Waals surface area contributed by atoms with Gasteiger partial charge in [0.05, 0.1) is 18.3 Å². The Hall–Kier alpha value is -3.14. The van der Waals surface area contributed by atoms with Crippen molar-refractivity contribution in [2.75, 3.05) is 17.2 Å². The maximum absolute atomic E-state index is 12.5. The van der Waals surface area contributed by atoms with Crippen LogP contribution >= 0.6 is 0 Å². The highest BCUT2D eigenvalue weighted by Crippen LogP contribution is 2.39. The topological polar surface area (TPSA) is 132 Å². The molecule has 0 radical (unpaired) electrons. The van der Waals surface area contributed by atoms with Crippen LogP contribution in [-0.2, 0) is 4.79 Å². The molecule has 3 aromatic heterocycles. The number of carbonyl (C=O) groups excluding carboxylic acids is 1. The first-order valence-corrected chi connectivity index (χ1v) is 10.3. The second-order valence-corrected chi connectivity index (χ2v) is 8.14. The predicted octanol–water partition coefficient (Wildman–Crippen LogP) is 2.01. The number of fused-ring (bicyclic) bond motifs is 1. The fourth-order valence-corrected chi connectivity index (χ4v) is 3.19. The van der Waals surface area contributed by atoms with Crippen LogP contribution < -0.4 is 16.0 Å². The van der Waals surface area contributed by atoms with Crippen LogP contribution in [0, 0.1) is 5.92 Å². The van der Waals surface area contributed by atoms with Crippen molar-refractivity contribution in [3.8, 4) is 0 Å². The van der Waals surface area contributed by atoms with Gasteiger partial charge in [0.15, 0.2) is 5.82 Å². The standard InChI is InChI=1S/C20H28N8O2/c1-11(2)15(10-29)22-19(30)12(3)21-20-24-18(16-5-4-8-28(16)27-20)23-17-9-14(25-26-17)13-6-7-13/h4-5,8-9,11-13,15,29H,6-7,10H2,1-3H3,(H,22,30)(H3,21,23,24,25,26,27)/t12-,15-/m0/s1. The molecule has 1 aliphatic rings. The van der Waals surface area contributed by atoms with Gasteiger partial charge in [-0.3, -0.25) is 9.89 Å². The molecule has 0 spiro atoms. The maximum atomic E-state index is 12.5. The van der Waals surface area contributed by atoms with E-state index < -0.39 is 6.04 Å². The molecule has 1 saturated carbocycles. The van der Waals surface area contributed by atoms with Gasteiger partial charge in [0, 0.05) is 18.2 Å². The number of hydrogen-bond acceptors (Lipinski definition) is 7. The molecule has 5 N–H and O–H groups in total. The van der Waals surface area contributed by atoms with E-state index in [2.05, 4.69) is 36.2 Å². The first kappa shape index (κ1) is 20.1. The molecular formula is C20H28N8O2. The van der Waals surface area contributed by atoms with Crippen LogP contribution in [0.3, 0.4) is 0 Å². The van der Waals surface area contributed by atoms with E-state index in [1.54, 1.807) is 11.4 Å². The van der Waals surface area contributed by atoms with Gasteiger partial charge in [0.2, 0.25) is 11.9 Å². The molecular weight excluding hydrogens is 384 g/mol. The lowest BCUT2D eigenvalue weighted by molar-refractivity contribution is -0.122. The van der Waals surface area contributed by atoms with Crippen LogP contribution in [0.4, 0.5) is 17.6 Å². The number of rotatable bonds is 9. The van der Waals surface area contributed by atoms with Gasteiger partial charge in [0.1, 0.15) is 17.4 Å². The summed E-state index contributed by atoms with van der Waals surface area (Å²) in [5, 5.41) is 30.4. The lowest BCUT2D eigenvalue weighted by Gasteiger charge is -2.22. The molecule has 1 amide bonds. The van der Waals surface area contributed by atoms with Crippen molar-refractivity contribution in [2.45, 2.75) is 51.6 Å². The van der Waals surface area contributed by atoms with Crippen molar-refractivity contribution in [1.29, 1.82) is 0 Å². The van der Waals surface area contributed by atoms with E-state index in [1.165, 1.54) is 12.8 Å². The third-order valence-corrected chi connectivity index (χ3v) is 5.31. The second kappa shape index (κ2) is 8.31. The van der Waals surface area contributed by atoms with Crippen LogP contribution in [0.15, 0.2) is 24.4 Å². The van der Waals surface area contributed by atoms with Crippen LogP contribution in [0.25, 0.3) is 5.52 Å². The van der Waals surface area contributed by atoms with Gasteiger partial charge in [-0.15, -0.1) is 5.10 Å². The fourth-order valence-electron chi connectivity index (χ4n) is 3.19. The number of aromatic amines is 1. The molecule has 3 heterocycles. The molecule has 4 rings (SSSR count). The van der Waals surface area contributed by atoms with Crippen LogP contribution in [0.1, 0.15) is 45.2 Å². The normalized spacial score (nSPS) is 15.9. The number of aliphatic hydroxyl groups excluding tert-OH is 1. The first-order valence-electron chi connectivity index (χ1n) is 10.3. The Labute approximate surface area is 174 Å². The fraction of sp³-hybridized carbons (Fsp3) is 0.500. The van der Waals surface area contributed by atoms with Crippen molar-refractivity contribution < 1.29 is 9.90 Å². The number of hydrogen-bond donors (Lipinski definition) is 5. The molecule has 0 aliphatic heterocycles. The Kier molecular flexibility index (Phi) is 5.58. The summed E-state index contributed by atoms with van der Waals surface area (Å²) < 4.78 is 1.70. The first-order chi connectivity index (χ1) is 14.4. The maximum Gasteiger partial charge on any atom is 0.243 e. The minimum atomic E-state index is -0.577. The Morgan fingerprint density at radius 1 is 1.37 bits per heavy atom. The third kappa shape index (κ3) is 4.38. The van der Waals surface area contributed by atoms with E-state index in [9.17, 15) is 9.90 Å². The minimum Gasteiger partial charge on any atom is -0.394 e. The largest absolute Gasteiger partial charge is 0.394 e. The summed E-state index contributed by atoms with van der Waals surface area (Å²) in [5.74, 6) is 2.14. The van der Waals surface area contributed by atoms with E-state index in [1.807, 2.05) is 38.2 Å². The molecule has 1 aliphatic carbocycles. The van der Waals surface area contributed by atoms with E-state index in [-0.39, 0.29) is 24.5 Å². The van der Waals surface area contributed by atoms with Gasteiger partial charge in [0.25, 0.3) is 0 Å². The molecule has 3 aromatic rings. The SMILES string of the molecule is CC(C)[C@H](CO)NC(=O)[C@H](C)Nc1nc(Nc2cc(C3CC3)n[nH]2)c2cccn2n1. The second-order valence-electron chi connectivity index (χ2n) is 8.14. The lowest BCUT2D eigenvalue weighted by atomic mass is 10.1. The number of H-pyrrole nitrogens is 1. The van der Waals surface area contributed by atoms with Crippen molar-refractivity contribution in [3.63, 3.8) is 0 Å². The van der Waals surface area contributed by atoms with Crippen molar-refractivity contribution in [1.82, 2.24) is 30.1 Å². The predicted molar refractivity (Wildman–Crippen MR) is 114 cm³/mol. The van der Waals surface area contributed by atoms with E-state index in [0.717, 1.165) is 17.0 Å². The summed E-state index contributed by atoms with van der Waals surface area (Å²) in [4.78, 5) is 17.1. The van der Waals surface area contributed by atoms with Crippen LogP contribution in [-0.4, -0.2) is 54.5 Å². The molecule has 10 nitrogen and oxygen atoms in total. The number of carbonyl (C=O) groups is 1. The smallest absolute Gasteiger partial charge is 0.243 e. The lowest BCUT2D eigenvalue weighted by Crippen LogP contribution is -2.47. The molecule has 0 bridgehead atoms. The Balaban J connectivity index is 1.50. The van der Waals surface area contributed by atoms with Crippen LogP contribution in [0.5, 0.6) is 0 Å². The highest BCUT2D eigenvalue weighted by atomic mass is 16.3. The molecule has 0 aromatic carbocycles. The van der Waals surface area contributed by atoms with Gasteiger partial charge in [-0.2, -0.15) is 10.1 Å². The summed E-state index contributed by atoms with van der Waals surface area (Å²) in [5.41, 5.74) is 1.87. The molecule has 10 heteroatoms. The van der Waals surface area contributed by atoms with E-state index in [4.69, 9.17) is 0 Å². The van der Waals surface area contributed by atoms with Gasteiger partial charge in [-0.1, -0.05) is 13.8 Å². The van der Waals surface area contributed by atoms with Gasteiger partial charge in [-0.05, 0) is 37.8 Å². The molecule has 0 unspecified atom stereocenters. The zero-order valence-electron chi connectivity index (χ0n) is 17.4. The average Bonchev–Trinajstić information content (AvgIpc) is 3.26.